The average Bonchev–Trinajstić information content (AvgIpc) is 3.59. The Labute approximate surface area is 184 Å². The monoisotopic (exact) mass is 471 g/mol. The molecule has 0 bridgehead atoms. The van der Waals surface area contributed by atoms with Crippen LogP contribution >= 0.6 is 0 Å². The van der Waals surface area contributed by atoms with Gasteiger partial charge in [0.1, 0.15) is 17.5 Å². The topological polar surface area (TPSA) is 71.1 Å². The van der Waals surface area contributed by atoms with Gasteiger partial charge in [-0.05, 0) is 67.5 Å². The normalized spacial score (nSPS) is 16.5. The largest absolute Gasteiger partial charge is 0.458 e. The van der Waals surface area contributed by atoms with Crippen molar-refractivity contribution in [2.45, 2.75) is 44.7 Å². The number of nitrogens with zero attached hydrogens (tertiary/aromatic N) is 1. The summed E-state index contributed by atoms with van der Waals surface area (Å²) in [5.74, 6) is -7.92. The third kappa shape index (κ3) is 4.81. The molecule has 0 atom stereocenters. The summed E-state index contributed by atoms with van der Waals surface area (Å²) in [5, 5.41) is 5.19. The van der Waals surface area contributed by atoms with Crippen LogP contribution in [0.15, 0.2) is 24.3 Å². The van der Waals surface area contributed by atoms with Crippen molar-refractivity contribution in [3.05, 3.63) is 41.2 Å². The molecular weight excluding hydrogens is 452 g/mol. The van der Waals surface area contributed by atoms with Gasteiger partial charge in [0.25, 0.3) is 0 Å². The van der Waals surface area contributed by atoms with Crippen molar-refractivity contribution >= 4 is 23.5 Å². The number of amides is 2. The Morgan fingerprint density at radius 2 is 1.30 bits per heavy atom. The first-order chi connectivity index (χ1) is 15.4. The number of carbonyl (C=O) groups is 2. The van der Waals surface area contributed by atoms with Crippen molar-refractivity contribution in [1.82, 2.24) is 4.98 Å². The lowest BCUT2D eigenvalue weighted by atomic mass is 9.95. The number of carbonyl (C=O) groups excluding carboxylic acids is 2. The maximum atomic E-state index is 14.5. The summed E-state index contributed by atoms with van der Waals surface area (Å²) in [6, 6.07) is 4.23. The number of nitrogens with one attached hydrogen (secondary N) is 2. The fourth-order valence-electron chi connectivity index (χ4n) is 3.42. The van der Waals surface area contributed by atoms with Gasteiger partial charge in [-0.1, -0.05) is 6.07 Å². The first kappa shape index (κ1) is 23.1. The van der Waals surface area contributed by atoms with Gasteiger partial charge in [0.15, 0.2) is 0 Å². The lowest BCUT2D eigenvalue weighted by molar-refractivity contribution is -0.290. The minimum Gasteiger partial charge on any atom is -0.310 e. The molecule has 1 heterocycles. The second-order valence-electron chi connectivity index (χ2n) is 8.38. The van der Waals surface area contributed by atoms with E-state index in [-0.39, 0.29) is 46.4 Å². The zero-order chi connectivity index (χ0) is 24.1. The summed E-state index contributed by atoms with van der Waals surface area (Å²) < 4.78 is 80.6. The van der Waals surface area contributed by atoms with E-state index in [0.29, 0.717) is 6.07 Å². The van der Waals surface area contributed by atoms with Crippen LogP contribution in [0.2, 0.25) is 0 Å². The molecule has 33 heavy (non-hydrogen) atoms. The van der Waals surface area contributed by atoms with Crippen molar-refractivity contribution in [3.8, 4) is 11.1 Å². The van der Waals surface area contributed by atoms with Gasteiger partial charge < -0.3 is 10.6 Å². The van der Waals surface area contributed by atoms with Crippen LogP contribution in [0.25, 0.3) is 11.1 Å². The molecule has 11 heteroatoms. The maximum absolute atomic E-state index is 14.5. The van der Waals surface area contributed by atoms with Crippen LogP contribution in [0.5, 0.6) is 0 Å². The molecule has 2 saturated carbocycles. The summed E-state index contributed by atoms with van der Waals surface area (Å²) >= 11 is 0. The fourth-order valence-corrected chi connectivity index (χ4v) is 3.42. The van der Waals surface area contributed by atoms with E-state index >= 15 is 0 Å². The highest BCUT2D eigenvalue weighted by Gasteiger charge is 2.60. The van der Waals surface area contributed by atoms with Crippen molar-refractivity contribution in [2.75, 3.05) is 10.6 Å². The van der Waals surface area contributed by atoms with Crippen LogP contribution in [-0.2, 0) is 15.5 Å². The molecule has 0 radical (unpaired) electrons. The van der Waals surface area contributed by atoms with Gasteiger partial charge in [0, 0.05) is 11.8 Å². The molecule has 1 aromatic heterocycles. The number of pyridine rings is 1. The summed E-state index contributed by atoms with van der Waals surface area (Å²) in [6.07, 6.45) is -3.09. The number of hydrogen-bond acceptors (Lipinski definition) is 3. The number of aryl methyl sites for hydroxylation is 1. The van der Waals surface area contributed by atoms with Crippen molar-refractivity contribution in [2.24, 2.45) is 11.8 Å². The van der Waals surface area contributed by atoms with Gasteiger partial charge in [-0.15, -0.1) is 0 Å². The Balaban J connectivity index is 1.73. The molecule has 1 aromatic carbocycles. The van der Waals surface area contributed by atoms with E-state index in [9.17, 15) is 35.9 Å². The van der Waals surface area contributed by atoms with E-state index in [4.69, 9.17) is 0 Å². The van der Waals surface area contributed by atoms with E-state index < -0.39 is 29.0 Å². The summed E-state index contributed by atoms with van der Waals surface area (Å²) in [6.45, 7) is 0.953. The number of aromatic nitrogens is 1. The van der Waals surface area contributed by atoms with Crippen LogP contribution in [0.1, 0.15) is 36.8 Å². The second kappa shape index (κ2) is 8.03. The van der Waals surface area contributed by atoms with E-state index in [2.05, 4.69) is 15.6 Å². The van der Waals surface area contributed by atoms with Crippen molar-refractivity contribution < 1.29 is 35.9 Å². The van der Waals surface area contributed by atoms with Gasteiger partial charge in [0.2, 0.25) is 11.8 Å². The summed E-state index contributed by atoms with van der Waals surface area (Å²) in [7, 11) is 0. The second-order valence-corrected chi connectivity index (χ2v) is 8.38. The average molecular weight is 471 g/mol. The highest BCUT2D eigenvalue weighted by molar-refractivity contribution is 5.96. The quantitative estimate of drug-likeness (QED) is 0.543. The minimum atomic E-state index is -5.96. The Morgan fingerprint density at radius 3 is 1.70 bits per heavy atom. The number of halogens is 6. The number of rotatable bonds is 6. The van der Waals surface area contributed by atoms with Crippen LogP contribution < -0.4 is 10.6 Å². The predicted octanol–water partition coefficient (Wildman–Crippen LogP) is 5.55. The first-order valence-electron chi connectivity index (χ1n) is 10.3. The molecule has 0 aliphatic heterocycles. The molecule has 2 aliphatic carbocycles. The van der Waals surface area contributed by atoms with Crippen molar-refractivity contribution in [3.63, 3.8) is 0 Å². The van der Waals surface area contributed by atoms with Crippen LogP contribution in [-0.4, -0.2) is 23.0 Å². The number of benzene rings is 1. The van der Waals surface area contributed by atoms with E-state index in [1.165, 1.54) is 12.1 Å². The Kier molecular flexibility index (Phi) is 5.61. The zero-order valence-corrected chi connectivity index (χ0v) is 17.3. The lowest BCUT2D eigenvalue weighted by Crippen LogP contribution is -2.35. The number of anilines is 2. The third-order valence-electron chi connectivity index (χ3n) is 5.51. The molecule has 0 unspecified atom stereocenters. The van der Waals surface area contributed by atoms with Crippen LogP contribution in [0.3, 0.4) is 0 Å². The number of hydrogen-bond donors (Lipinski definition) is 2. The molecule has 2 aromatic rings. The Hall–Kier alpha value is -3.11. The minimum absolute atomic E-state index is 0.0158. The highest BCUT2D eigenvalue weighted by atomic mass is 19.4. The third-order valence-corrected chi connectivity index (χ3v) is 5.51. The van der Waals surface area contributed by atoms with E-state index in [1.807, 2.05) is 0 Å². The Bertz CT molecular complexity index is 1060. The smallest absolute Gasteiger partial charge is 0.310 e. The van der Waals surface area contributed by atoms with Crippen molar-refractivity contribution in [1.29, 1.82) is 0 Å². The van der Waals surface area contributed by atoms with Gasteiger partial charge >= 0.3 is 12.1 Å². The van der Waals surface area contributed by atoms with Crippen LogP contribution in [0, 0.1) is 24.6 Å². The van der Waals surface area contributed by atoms with Gasteiger partial charge in [-0.2, -0.15) is 22.0 Å². The Morgan fingerprint density at radius 1 is 0.848 bits per heavy atom. The summed E-state index contributed by atoms with van der Waals surface area (Å²) in [5.41, 5.74) is -2.20. The first-order valence-corrected chi connectivity index (χ1v) is 10.3. The fraction of sp³-hybridized carbons (Fsp3) is 0.409. The molecular formula is C22H19F6N3O2. The number of alkyl halides is 5. The molecule has 5 nitrogen and oxygen atoms in total. The standard InChI is InChI=1S/C22H19F6N3O2/c1-10-6-13(7-15(23)18(10)21(24,25)22(26,27)28)14-8-16(30-19(32)11-2-3-11)29-17(9-14)31-20(33)12-4-5-12/h6-9,11-12H,2-5H2,1H3,(H2,29,30,31,32,33). The molecule has 0 saturated heterocycles. The van der Waals surface area contributed by atoms with E-state index in [0.717, 1.165) is 38.7 Å². The van der Waals surface area contributed by atoms with E-state index in [1.54, 1.807) is 0 Å². The zero-order valence-electron chi connectivity index (χ0n) is 17.3. The molecule has 176 valence electrons. The maximum Gasteiger partial charge on any atom is 0.458 e. The van der Waals surface area contributed by atoms with Crippen LogP contribution in [0.4, 0.5) is 38.0 Å². The highest BCUT2D eigenvalue weighted by Crippen LogP contribution is 2.46. The molecule has 2 aliphatic rings. The van der Waals surface area contributed by atoms with Gasteiger partial charge in [0.05, 0.1) is 5.56 Å². The predicted molar refractivity (Wildman–Crippen MR) is 107 cm³/mol. The molecule has 2 fully saturated rings. The SMILES string of the molecule is Cc1cc(-c2cc(NC(=O)C3CC3)nc(NC(=O)C3CC3)c2)cc(F)c1C(F)(F)C(F)(F)F. The molecule has 0 spiro atoms. The molecule has 2 amide bonds. The lowest BCUT2D eigenvalue weighted by Gasteiger charge is -2.23. The molecule has 4 rings (SSSR count). The van der Waals surface area contributed by atoms with Gasteiger partial charge in [-0.3, -0.25) is 9.59 Å². The summed E-state index contributed by atoms with van der Waals surface area (Å²) in [4.78, 5) is 28.5. The molecule has 2 N–H and O–H groups in total. The van der Waals surface area contributed by atoms with Gasteiger partial charge in [-0.25, -0.2) is 9.37 Å².